The Morgan fingerprint density at radius 3 is 2.45 bits per heavy atom. The van der Waals surface area contributed by atoms with Gasteiger partial charge >= 0.3 is 0 Å². The highest BCUT2D eigenvalue weighted by Crippen LogP contribution is 2.38. The minimum absolute atomic E-state index is 0.0212. The summed E-state index contributed by atoms with van der Waals surface area (Å²) < 4.78 is 53.8. The minimum Gasteiger partial charge on any atom is -0.327 e. The van der Waals surface area contributed by atoms with Crippen LogP contribution in [0.1, 0.15) is 31.2 Å². The van der Waals surface area contributed by atoms with Gasteiger partial charge in [-0.3, -0.25) is 0 Å². The summed E-state index contributed by atoms with van der Waals surface area (Å²) in [5, 5.41) is 0. The van der Waals surface area contributed by atoms with Crippen molar-refractivity contribution in [1.82, 2.24) is 0 Å². The van der Waals surface area contributed by atoms with E-state index in [0.717, 1.165) is 0 Å². The molecule has 0 aromatic heterocycles. The van der Waals surface area contributed by atoms with Crippen LogP contribution in [0.15, 0.2) is 16.6 Å². The van der Waals surface area contributed by atoms with Crippen molar-refractivity contribution in [3.63, 3.8) is 0 Å². The molecule has 0 spiro atoms. The van der Waals surface area contributed by atoms with Crippen LogP contribution in [0, 0.1) is 17.6 Å². The number of benzene rings is 1. The van der Waals surface area contributed by atoms with Crippen LogP contribution in [0.4, 0.5) is 17.6 Å². The van der Waals surface area contributed by atoms with Gasteiger partial charge in [0.2, 0.25) is 5.92 Å². The maximum Gasteiger partial charge on any atom is 0.248 e. The Kier molecular flexibility index (Phi) is 4.74. The summed E-state index contributed by atoms with van der Waals surface area (Å²) in [6.45, 7) is 0. The van der Waals surface area contributed by atoms with Gasteiger partial charge in [0.05, 0.1) is 4.47 Å². The molecule has 1 aliphatic carbocycles. The molecule has 0 aliphatic heterocycles. The molecule has 0 saturated heterocycles. The van der Waals surface area contributed by atoms with Crippen molar-refractivity contribution in [2.24, 2.45) is 11.7 Å². The van der Waals surface area contributed by atoms with Crippen molar-refractivity contribution in [3.8, 4) is 0 Å². The first-order valence-electron chi connectivity index (χ1n) is 6.56. The van der Waals surface area contributed by atoms with Crippen LogP contribution in [0.2, 0.25) is 0 Å². The second-order valence-corrected chi connectivity index (χ2v) is 6.24. The van der Waals surface area contributed by atoms with Crippen molar-refractivity contribution in [2.45, 2.75) is 44.1 Å². The normalized spacial score (nSPS) is 20.9. The van der Waals surface area contributed by atoms with Gasteiger partial charge in [-0.1, -0.05) is 0 Å². The molecular weight excluding hydrogens is 338 g/mol. The Balaban J connectivity index is 2.06. The van der Waals surface area contributed by atoms with E-state index in [-0.39, 0.29) is 35.2 Å². The number of rotatable bonds is 3. The molecule has 1 atom stereocenters. The zero-order chi connectivity index (χ0) is 14.9. The molecule has 1 aliphatic rings. The van der Waals surface area contributed by atoms with Crippen LogP contribution in [0.5, 0.6) is 0 Å². The van der Waals surface area contributed by atoms with Gasteiger partial charge in [-0.2, -0.15) is 0 Å². The number of hydrogen-bond donors (Lipinski definition) is 1. The van der Waals surface area contributed by atoms with E-state index in [4.69, 9.17) is 5.73 Å². The summed E-state index contributed by atoms with van der Waals surface area (Å²) in [5.74, 6) is -4.06. The van der Waals surface area contributed by atoms with Crippen LogP contribution in [0.3, 0.4) is 0 Å². The lowest BCUT2D eigenvalue weighted by atomic mass is 9.80. The van der Waals surface area contributed by atoms with Gasteiger partial charge in [0.1, 0.15) is 11.6 Å². The van der Waals surface area contributed by atoms with E-state index in [0.29, 0.717) is 12.8 Å². The molecule has 1 nitrogen and oxygen atoms in total. The largest absolute Gasteiger partial charge is 0.327 e. The zero-order valence-corrected chi connectivity index (χ0v) is 12.4. The first kappa shape index (κ1) is 15.8. The van der Waals surface area contributed by atoms with Crippen LogP contribution in [-0.4, -0.2) is 12.0 Å². The van der Waals surface area contributed by atoms with E-state index < -0.39 is 23.6 Å². The molecule has 1 fully saturated rings. The molecule has 1 saturated carbocycles. The summed E-state index contributed by atoms with van der Waals surface area (Å²) in [6.07, 6.45) is 0.216. The Bertz CT molecular complexity index is 482. The molecule has 1 unspecified atom stereocenters. The third kappa shape index (κ3) is 3.52. The predicted octanol–water partition coefficient (Wildman–Crippen LogP) is 4.42. The molecule has 112 valence electrons. The SMILES string of the molecule is NC(Cc1c(F)ccc(Br)c1F)C1CCC(F)(F)CC1. The lowest BCUT2D eigenvalue weighted by Gasteiger charge is -2.32. The van der Waals surface area contributed by atoms with Crippen LogP contribution in [0.25, 0.3) is 0 Å². The number of halogens is 5. The molecular formula is C14H16BrF4N. The standard InChI is InChI=1S/C14H16BrF4N/c15-10-1-2-11(16)9(13(10)17)7-12(20)8-3-5-14(18,19)6-4-8/h1-2,8,12H,3-7,20H2. The highest BCUT2D eigenvalue weighted by atomic mass is 79.9. The van der Waals surface area contributed by atoms with E-state index in [9.17, 15) is 17.6 Å². The first-order valence-corrected chi connectivity index (χ1v) is 7.35. The highest BCUT2D eigenvalue weighted by Gasteiger charge is 2.37. The van der Waals surface area contributed by atoms with E-state index in [1.807, 2.05) is 0 Å². The third-order valence-corrected chi connectivity index (χ3v) is 4.56. The van der Waals surface area contributed by atoms with Gasteiger partial charge in [-0.25, -0.2) is 17.6 Å². The molecule has 1 aromatic carbocycles. The summed E-state index contributed by atoms with van der Waals surface area (Å²) in [7, 11) is 0. The van der Waals surface area contributed by atoms with Crippen LogP contribution >= 0.6 is 15.9 Å². The summed E-state index contributed by atoms with van der Waals surface area (Å²) in [5.41, 5.74) is 5.88. The topological polar surface area (TPSA) is 26.0 Å². The lowest BCUT2D eigenvalue weighted by molar-refractivity contribution is -0.0482. The van der Waals surface area contributed by atoms with Crippen molar-refractivity contribution >= 4 is 15.9 Å². The second kappa shape index (κ2) is 6.02. The number of hydrogen-bond acceptors (Lipinski definition) is 1. The van der Waals surface area contributed by atoms with Gasteiger partial charge in [-0.05, 0) is 53.2 Å². The fourth-order valence-corrected chi connectivity index (χ4v) is 3.02. The molecule has 6 heteroatoms. The average Bonchev–Trinajstić information content (AvgIpc) is 2.39. The smallest absolute Gasteiger partial charge is 0.248 e. The summed E-state index contributed by atoms with van der Waals surface area (Å²) >= 11 is 3.00. The van der Waals surface area contributed by atoms with E-state index >= 15 is 0 Å². The Morgan fingerprint density at radius 1 is 1.25 bits per heavy atom. The first-order chi connectivity index (χ1) is 9.30. The van der Waals surface area contributed by atoms with E-state index in [1.165, 1.54) is 12.1 Å². The van der Waals surface area contributed by atoms with Crippen LogP contribution < -0.4 is 5.73 Å². The lowest BCUT2D eigenvalue weighted by Crippen LogP contribution is -2.38. The molecule has 0 bridgehead atoms. The molecule has 2 rings (SSSR count). The van der Waals surface area contributed by atoms with Gasteiger partial charge in [0.25, 0.3) is 0 Å². The molecule has 0 radical (unpaired) electrons. The maximum atomic E-state index is 13.9. The zero-order valence-electron chi connectivity index (χ0n) is 10.8. The van der Waals surface area contributed by atoms with Crippen molar-refractivity contribution in [3.05, 3.63) is 33.8 Å². The van der Waals surface area contributed by atoms with Crippen LogP contribution in [-0.2, 0) is 6.42 Å². The average molecular weight is 354 g/mol. The monoisotopic (exact) mass is 353 g/mol. The number of nitrogens with two attached hydrogens (primary N) is 1. The number of alkyl halides is 2. The summed E-state index contributed by atoms with van der Waals surface area (Å²) in [4.78, 5) is 0. The fourth-order valence-electron chi connectivity index (χ4n) is 2.65. The second-order valence-electron chi connectivity index (χ2n) is 5.38. The van der Waals surface area contributed by atoms with Gasteiger partial charge in [0.15, 0.2) is 0 Å². The third-order valence-electron chi connectivity index (χ3n) is 3.95. The Labute approximate surface area is 123 Å². The Morgan fingerprint density at radius 2 is 1.85 bits per heavy atom. The fraction of sp³-hybridized carbons (Fsp3) is 0.571. The predicted molar refractivity (Wildman–Crippen MR) is 72.6 cm³/mol. The Hall–Kier alpha value is -0.620. The maximum absolute atomic E-state index is 13.9. The van der Waals surface area contributed by atoms with Gasteiger partial charge in [-0.15, -0.1) is 0 Å². The quantitative estimate of drug-likeness (QED) is 0.631. The van der Waals surface area contributed by atoms with Crippen molar-refractivity contribution < 1.29 is 17.6 Å². The molecule has 20 heavy (non-hydrogen) atoms. The van der Waals surface area contributed by atoms with Crippen molar-refractivity contribution in [2.75, 3.05) is 0 Å². The highest BCUT2D eigenvalue weighted by molar-refractivity contribution is 9.10. The van der Waals surface area contributed by atoms with Gasteiger partial charge in [0, 0.05) is 24.4 Å². The summed E-state index contributed by atoms with van der Waals surface area (Å²) in [6, 6.07) is 1.95. The minimum atomic E-state index is -2.62. The van der Waals surface area contributed by atoms with E-state index in [2.05, 4.69) is 15.9 Å². The molecule has 0 amide bonds. The van der Waals surface area contributed by atoms with Gasteiger partial charge < -0.3 is 5.73 Å². The van der Waals surface area contributed by atoms with Crippen molar-refractivity contribution in [1.29, 1.82) is 0 Å². The molecule has 1 aromatic rings. The molecule has 2 N–H and O–H groups in total. The molecule has 0 heterocycles. The van der Waals surface area contributed by atoms with E-state index in [1.54, 1.807) is 0 Å².